The minimum Gasteiger partial charge on any atom is -0.207 e. The van der Waals surface area contributed by atoms with Gasteiger partial charge in [-0.25, -0.2) is 8.42 Å². The lowest BCUT2D eigenvalue weighted by Crippen LogP contribution is -2.47. The quantitative estimate of drug-likeness (QED) is 0.531. The molecule has 10 heteroatoms. The normalized spacial score (nSPS) is 13.6. The van der Waals surface area contributed by atoms with E-state index in [0.29, 0.717) is 16.0 Å². The average Bonchev–Trinajstić information content (AvgIpc) is 2.47. The molecule has 0 aliphatic carbocycles. The summed E-state index contributed by atoms with van der Waals surface area (Å²) in [5.41, 5.74) is 1.61. The van der Waals surface area contributed by atoms with E-state index < -0.39 is 28.0 Å². The number of thioether (sulfide) groups is 1. The van der Waals surface area contributed by atoms with E-state index in [1.54, 1.807) is 32.9 Å². The maximum Gasteiger partial charge on any atom is 0.405 e. The van der Waals surface area contributed by atoms with Gasteiger partial charge in [-0.2, -0.15) is 17.9 Å². The number of halogens is 5. The molecule has 0 heterocycles. The zero-order valence-electron chi connectivity index (χ0n) is 15.2. The van der Waals surface area contributed by atoms with Gasteiger partial charge in [0, 0.05) is 20.7 Å². The van der Waals surface area contributed by atoms with Crippen LogP contribution in [0, 0.1) is 20.8 Å². The summed E-state index contributed by atoms with van der Waals surface area (Å²) in [5, 5.41) is 0.565. The van der Waals surface area contributed by atoms with Crippen LogP contribution in [-0.2, 0) is 10.0 Å². The summed E-state index contributed by atoms with van der Waals surface area (Å²) < 4.78 is 67.7. The van der Waals surface area contributed by atoms with Gasteiger partial charge in [0.1, 0.15) is 6.04 Å². The molecule has 3 nitrogen and oxygen atoms in total. The molecular formula is C18H18Cl2F3NO2S2. The van der Waals surface area contributed by atoms with Gasteiger partial charge in [-0.3, -0.25) is 0 Å². The fraction of sp³-hybridized carbons (Fsp3) is 0.333. The van der Waals surface area contributed by atoms with Gasteiger partial charge in [-0.1, -0.05) is 40.9 Å². The second-order valence-electron chi connectivity index (χ2n) is 6.36. The molecule has 2 rings (SSSR count). The number of benzene rings is 2. The third-order valence-corrected chi connectivity index (χ3v) is 7.10. The highest BCUT2D eigenvalue weighted by molar-refractivity contribution is 7.99. The number of sulfonamides is 1. The Bertz CT molecular complexity index is 936. The van der Waals surface area contributed by atoms with E-state index in [2.05, 4.69) is 0 Å². The first kappa shape index (κ1) is 23.3. The molecule has 0 bridgehead atoms. The van der Waals surface area contributed by atoms with E-state index >= 15 is 0 Å². The molecule has 0 aliphatic rings. The summed E-state index contributed by atoms with van der Waals surface area (Å²) in [6.45, 7) is 4.90. The molecule has 0 radical (unpaired) electrons. The van der Waals surface area contributed by atoms with E-state index in [9.17, 15) is 21.6 Å². The third-order valence-electron chi connectivity index (χ3n) is 3.82. The zero-order chi connectivity index (χ0) is 21.3. The SMILES string of the molecule is Cc1cc(C)c(S(=O)(=O)NC(CSc2cc(Cl)cc(Cl)c2)C(F)(F)F)c(C)c1. The number of hydrogen-bond acceptors (Lipinski definition) is 3. The summed E-state index contributed by atoms with van der Waals surface area (Å²) in [6, 6.07) is 5.35. The second-order valence-corrected chi connectivity index (χ2v) is 9.98. The Hall–Kier alpha value is -0.930. The van der Waals surface area contributed by atoms with Gasteiger partial charge in [-0.05, 0) is 50.1 Å². The number of aryl methyl sites for hydroxylation is 3. The van der Waals surface area contributed by atoms with Crippen LogP contribution in [-0.4, -0.2) is 26.4 Å². The molecule has 154 valence electrons. The Labute approximate surface area is 176 Å². The standard InChI is InChI=1S/C18H18Cl2F3NO2S2/c1-10-4-11(2)17(12(3)5-10)28(25,26)24-16(18(21,22)23)9-27-15-7-13(19)6-14(20)8-15/h4-8,16,24H,9H2,1-3H3. The van der Waals surface area contributed by atoms with Crippen molar-refractivity contribution in [3.63, 3.8) is 0 Å². The van der Waals surface area contributed by atoms with Crippen LogP contribution >= 0.6 is 35.0 Å². The summed E-state index contributed by atoms with van der Waals surface area (Å²) in [5.74, 6) is -0.566. The van der Waals surface area contributed by atoms with Crippen molar-refractivity contribution in [3.05, 3.63) is 57.1 Å². The maximum absolute atomic E-state index is 13.5. The molecule has 1 unspecified atom stereocenters. The summed E-state index contributed by atoms with van der Waals surface area (Å²) in [4.78, 5) is 0.275. The number of hydrogen-bond donors (Lipinski definition) is 1. The predicted molar refractivity (Wildman–Crippen MR) is 108 cm³/mol. The Morgan fingerprint density at radius 2 is 1.50 bits per heavy atom. The van der Waals surface area contributed by atoms with E-state index in [1.807, 2.05) is 4.72 Å². The highest BCUT2D eigenvalue weighted by Crippen LogP contribution is 2.32. The van der Waals surface area contributed by atoms with Crippen molar-refractivity contribution in [1.82, 2.24) is 4.72 Å². The van der Waals surface area contributed by atoms with Crippen LogP contribution in [0.5, 0.6) is 0 Å². The van der Waals surface area contributed by atoms with Crippen molar-refractivity contribution >= 4 is 45.0 Å². The molecule has 0 amide bonds. The molecule has 0 spiro atoms. The highest BCUT2D eigenvalue weighted by Gasteiger charge is 2.42. The van der Waals surface area contributed by atoms with Crippen molar-refractivity contribution in [1.29, 1.82) is 0 Å². The van der Waals surface area contributed by atoms with E-state index in [-0.39, 0.29) is 14.9 Å². The van der Waals surface area contributed by atoms with Crippen LogP contribution in [0.2, 0.25) is 10.0 Å². The first-order valence-electron chi connectivity index (χ1n) is 8.05. The Kier molecular flexibility index (Phi) is 7.37. The smallest absolute Gasteiger partial charge is 0.207 e. The Morgan fingerprint density at radius 3 is 1.96 bits per heavy atom. The predicted octanol–water partition coefficient (Wildman–Crippen LogP) is 5.92. The maximum atomic E-state index is 13.5. The largest absolute Gasteiger partial charge is 0.405 e. The minimum absolute atomic E-state index is 0.136. The first-order valence-corrected chi connectivity index (χ1v) is 11.3. The molecular weight excluding hydrogens is 454 g/mol. The number of rotatable bonds is 6. The zero-order valence-corrected chi connectivity index (χ0v) is 18.3. The molecule has 0 fully saturated rings. The van der Waals surface area contributed by atoms with E-state index in [4.69, 9.17) is 23.2 Å². The number of nitrogens with one attached hydrogen (secondary N) is 1. The minimum atomic E-state index is -4.77. The van der Waals surface area contributed by atoms with Crippen molar-refractivity contribution in [2.24, 2.45) is 0 Å². The fourth-order valence-electron chi connectivity index (χ4n) is 2.82. The fourth-order valence-corrected chi connectivity index (χ4v) is 6.31. The molecule has 1 N–H and O–H groups in total. The lowest BCUT2D eigenvalue weighted by atomic mass is 10.1. The summed E-state index contributed by atoms with van der Waals surface area (Å²) in [7, 11) is -4.38. The van der Waals surface area contributed by atoms with Crippen LogP contribution in [0.15, 0.2) is 40.1 Å². The molecule has 0 aliphatic heterocycles. The topological polar surface area (TPSA) is 46.2 Å². The van der Waals surface area contributed by atoms with Crippen molar-refractivity contribution in [2.45, 2.75) is 42.8 Å². The number of alkyl halides is 3. The second kappa shape index (κ2) is 8.83. The van der Waals surface area contributed by atoms with Crippen molar-refractivity contribution in [2.75, 3.05) is 5.75 Å². The highest BCUT2D eigenvalue weighted by atomic mass is 35.5. The van der Waals surface area contributed by atoms with E-state index in [0.717, 1.165) is 17.3 Å². The Morgan fingerprint density at radius 1 is 1.00 bits per heavy atom. The third kappa shape index (κ3) is 6.03. The first-order chi connectivity index (χ1) is 12.8. The monoisotopic (exact) mass is 471 g/mol. The van der Waals surface area contributed by atoms with Gasteiger partial charge < -0.3 is 0 Å². The van der Waals surface area contributed by atoms with Crippen LogP contribution < -0.4 is 4.72 Å². The Balaban J connectivity index is 2.29. The molecule has 0 saturated heterocycles. The molecule has 0 saturated carbocycles. The van der Waals surface area contributed by atoms with Crippen molar-refractivity contribution in [3.8, 4) is 0 Å². The van der Waals surface area contributed by atoms with Crippen LogP contribution in [0.1, 0.15) is 16.7 Å². The molecule has 2 aromatic rings. The molecule has 28 heavy (non-hydrogen) atoms. The van der Waals surface area contributed by atoms with Crippen LogP contribution in [0.3, 0.4) is 0 Å². The van der Waals surface area contributed by atoms with Gasteiger partial charge >= 0.3 is 6.18 Å². The van der Waals surface area contributed by atoms with Crippen molar-refractivity contribution < 1.29 is 21.6 Å². The van der Waals surface area contributed by atoms with Gasteiger partial charge in [0.2, 0.25) is 10.0 Å². The van der Waals surface area contributed by atoms with Crippen LogP contribution in [0.25, 0.3) is 0 Å². The van der Waals surface area contributed by atoms with Gasteiger partial charge in [0.25, 0.3) is 0 Å². The van der Waals surface area contributed by atoms with Crippen LogP contribution in [0.4, 0.5) is 13.2 Å². The molecule has 0 aromatic heterocycles. The van der Waals surface area contributed by atoms with Gasteiger partial charge in [0.15, 0.2) is 0 Å². The summed E-state index contributed by atoms with van der Waals surface area (Å²) in [6.07, 6.45) is -4.77. The lowest BCUT2D eigenvalue weighted by Gasteiger charge is -2.22. The average molecular weight is 472 g/mol. The molecule has 1 atom stereocenters. The van der Waals surface area contributed by atoms with Gasteiger partial charge in [0.05, 0.1) is 4.90 Å². The molecule has 2 aromatic carbocycles. The summed E-state index contributed by atoms with van der Waals surface area (Å²) >= 11 is 12.5. The lowest BCUT2D eigenvalue weighted by molar-refractivity contribution is -0.145. The van der Waals surface area contributed by atoms with E-state index in [1.165, 1.54) is 18.2 Å². The van der Waals surface area contributed by atoms with Gasteiger partial charge in [-0.15, -0.1) is 11.8 Å².